The Morgan fingerprint density at radius 3 is 2.24 bits per heavy atom. The van der Waals surface area contributed by atoms with E-state index in [0.29, 0.717) is 24.2 Å². The lowest BCUT2D eigenvalue weighted by molar-refractivity contribution is -0.116. The molecule has 6 nitrogen and oxygen atoms in total. The molecular weight excluding hydrogens is 314 g/mol. The fourth-order valence-electron chi connectivity index (χ4n) is 1.46. The molecule has 0 saturated carbocycles. The average Bonchev–Trinajstić information content (AvgIpc) is 2.38. The number of hydrogen-bond donors (Lipinski definition) is 3. The third-order valence-electron chi connectivity index (χ3n) is 2.65. The molecule has 1 aromatic rings. The summed E-state index contributed by atoms with van der Waals surface area (Å²) in [6.07, 6.45) is 0.988. The normalized spacial score (nSPS) is 12.1. The molecule has 0 saturated heterocycles. The van der Waals surface area contributed by atoms with Gasteiger partial charge in [-0.15, -0.1) is 12.4 Å². The van der Waals surface area contributed by atoms with Crippen molar-refractivity contribution >= 4 is 39.7 Å². The lowest BCUT2D eigenvalue weighted by Gasteiger charge is -2.09. The predicted octanol–water partition coefficient (Wildman–Crippen LogP) is 1.94. The Hall–Kier alpha value is -1.31. The number of rotatable bonds is 7. The third-order valence-corrected chi connectivity index (χ3v) is 3.96. The Morgan fingerprint density at radius 2 is 1.76 bits per heavy atom. The van der Waals surface area contributed by atoms with Gasteiger partial charge in [0.1, 0.15) is 0 Å². The van der Waals surface area contributed by atoms with Gasteiger partial charge < -0.3 is 11.1 Å². The Morgan fingerprint density at radius 1 is 1.24 bits per heavy atom. The molecule has 1 unspecified atom stereocenters. The minimum absolute atomic E-state index is 0. The van der Waals surface area contributed by atoms with Crippen LogP contribution in [0.2, 0.25) is 0 Å². The van der Waals surface area contributed by atoms with E-state index in [-0.39, 0.29) is 30.1 Å². The van der Waals surface area contributed by atoms with E-state index in [0.717, 1.165) is 0 Å². The van der Waals surface area contributed by atoms with E-state index in [4.69, 9.17) is 5.73 Å². The first-order chi connectivity index (χ1) is 9.32. The molecule has 8 heteroatoms. The smallest absolute Gasteiger partial charge is 0.232 e. The highest BCUT2D eigenvalue weighted by Crippen LogP contribution is 2.15. The molecule has 0 spiro atoms. The minimum Gasteiger partial charge on any atom is -0.328 e. The zero-order valence-corrected chi connectivity index (χ0v) is 13.8. The van der Waals surface area contributed by atoms with Gasteiger partial charge in [0.25, 0.3) is 0 Å². The highest BCUT2D eigenvalue weighted by atomic mass is 35.5. The molecule has 0 aliphatic carbocycles. The highest BCUT2D eigenvalue weighted by molar-refractivity contribution is 7.92. The van der Waals surface area contributed by atoms with Crippen LogP contribution in [-0.4, -0.2) is 26.1 Å². The molecule has 1 amide bonds. The summed E-state index contributed by atoms with van der Waals surface area (Å²) in [5.74, 6) is -0.0906. The van der Waals surface area contributed by atoms with Gasteiger partial charge in [0, 0.05) is 23.8 Å². The van der Waals surface area contributed by atoms with E-state index < -0.39 is 10.0 Å². The molecule has 0 fully saturated rings. The number of anilines is 2. The molecule has 1 rings (SSSR count). The molecule has 0 aliphatic rings. The number of carbonyl (C=O) groups is 1. The highest BCUT2D eigenvalue weighted by Gasteiger charge is 2.07. The van der Waals surface area contributed by atoms with Crippen LogP contribution in [0.15, 0.2) is 24.3 Å². The summed E-state index contributed by atoms with van der Waals surface area (Å²) in [5, 5.41) is 2.73. The van der Waals surface area contributed by atoms with Crippen molar-refractivity contribution in [3.8, 4) is 0 Å². The van der Waals surface area contributed by atoms with Crippen LogP contribution in [0.25, 0.3) is 0 Å². The van der Waals surface area contributed by atoms with Crippen molar-refractivity contribution in [1.82, 2.24) is 0 Å². The molecule has 4 N–H and O–H groups in total. The fourth-order valence-corrected chi connectivity index (χ4v) is 2.10. The van der Waals surface area contributed by atoms with Crippen molar-refractivity contribution in [2.45, 2.75) is 32.7 Å². The van der Waals surface area contributed by atoms with Gasteiger partial charge in [-0.25, -0.2) is 8.42 Å². The van der Waals surface area contributed by atoms with Gasteiger partial charge in [-0.3, -0.25) is 9.52 Å². The van der Waals surface area contributed by atoms with E-state index in [1.807, 2.05) is 6.92 Å². The first-order valence-electron chi connectivity index (χ1n) is 6.48. The number of sulfonamides is 1. The maximum Gasteiger partial charge on any atom is 0.232 e. The molecule has 21 heavy (non-hydrogen) atoms. The first kappa shape index (κ1) is 19.7. The van der Waals surface area contributed by atoms with Crippen molar-refractivity contribution in [2.24, 2.45) is 5.73 Å². The standard InChI is InChI=1S/C13H21N3O3S.ClH/c1-3-20(18,19)16-12-7-5-11(6-8-12)15-13(17)9-4-10(2)14;/h5-8,10,16H,3-4,9,14H2,1-2H3,(H,15,17);1H. The number of amides is 1. The van der Waals surface area contributed by atoms with Crippen molar-refractivity contribution in [2.75, 3.05) is 15.8 Å². The second-order valence-corrected chi connectivity index (χ2v) is 6.66. The monoisotopic (exact) mass is 335 g/mol. The maximum absolute atomic E-state index is 11.6. The van der Waals surface area contributed by atoms with Crippen molar-refractivity contribution in [1.29, 1.82) is 0 Å². The quantitative estimate of drug-likeness (QED) is 0.708. The second kappa shape index (κ2) is 8.86. The van der Waals surface area contributed by atoms with E-state index in [1.54, 1.807) is 31.2 Å². The zero-order valence-electron chi connectivity index (χ0n) is 12.1. The SMILES string of the molecule is CCS(=O)(=O)Nc1ccc(NC(=O)CCC(C)N)cc1.Cl. The summed E-state index contributed by atoms with van der Waals surface area (Å²) in [5.41, 5.74) is 6.68. The molecule has 0 aliphatic heterocycles. The fraction of sp³-hybridized carbons (Fsp3) is 0.462. The second-order valence-electron chi connectivity index (χ2n) is 4.65. The molecule has 0 aromatic heterocycles. The van der Waals surface area contributed by atoms with Crippen molar-refractivity contribution in [3.05, 3.63) is 24.3 Å². The van der Waals surface area contributed by atoms with E-state index >= 15 is 0 Å². The summed E-state index contributed by atoms with van der Waals surface area (Å²) >= 11 is 0. The molecule has 1 aromatic carbocycles. The summed E-state index contributed by atoms with van der Waals surface area (Å²) < 4.78 is 25.2. The van der Waals surface area contributed by atoms with Gasteiger partial charge in [0.15, 0.2) is 0 Å². The van der Waals surface area contributed by atoms with Crippen molar-refractivity contribution < 1.29 is 13.2 Å². The largest absolute Gasteiger partial charge is 0.328 e. The average molecular weight is 336 g/mol. The van der Waals surface area contributed by atoms with Crippen LogP contribution in [0.4, 0.5) is 11.4 Å². The van der Waals surface area contributed by atoms with Crippen LogP contribution in [0.3, 0.4) is 0 Å². The molecule has 1 atom stereocenters. The van der Waals surface area contributed by atoms with Gasteiger partial charge in [-0.05, 0) is 44.5 Å². The summed E-state index contributed by atoms with van der Waals surface area (Å²) in [6.45, 7) is 3.41. The zero-order chi connectivity index (χ0) is 15.2. The summed E-state index contributed by atoms with van der Waals surface area (Å²) in [7, 11) is -3.28. The first-order valence-corrected chi connectivity index (χ1v) is 8.13. The summed E-state index contributed by atoms with van der Waals surface area (Å²) in [4.78, 5) is 11.6. The van der Waals surface area contributed by atoms with Gasteiger partial charge in [0.2, 0.25) is 15.9 Å². The number of halogens is 1. The third kappa shape index (κ3) is 7.89. The van der Waals surface area contributed by atoms with Crippen LogP contribution in [0.1, 0.15) is 26.7 Å². The molecule has 0 bridgehead atoms. The van der Waals surface area contributed by atoms with Gasteiger partial charge in [-0.2, -0.15) is 0 Å². The Kier molecular flexibility index (Phi) is 8.31. The lowest BCUT2D eigenvalue weighted by Crippen LogP contribution is -2.19. The maximum atomic E-state index is 11.6. The molecular formula is C13H22ClN3O3S. The van der Waals surface area contributed by atoms with Crippen LogP contribution >= 0.6 is 12.4 Å². The van der Waals surface area contributed by atoms with E-state index in [1.165, 1.54) is 0 Å². The van der Waals surface area contributed by atoms with Gasteiger partial charge in [0.05, 0.1) is 5.75 Å². The van der Waals surface area contributed by atoms with Crippen LogP contribution < -0.4 is 15.8 Å². The number of nitrogens with one attached hydrogen (secondary N) is 2. The number of hydrogen-bond acceptors (Lipinski definition) is 4. The summed E-state index contributed by atoms with van der Waals surface area (Å²) in [6, 6.07) is 6.50. The van der Waals surface area contributed by atoms with Crippen LogP contribution in [0, 0.1) is 0 Å². The topological polar surface area (TPSA) is 101 Å². The molecule has 0 heterocycles. The molecule has 120 valence electrons. The Balaban J connectivity index is 0.00000400. The molecule has 0 radical (unpaired) electrons. The Labute approximate surface area is 132 Å². The van der Waals surface area contributed by atoms with Crippen LogP contribution in [-0.2, 0) is 14.8 Å². The van der Waals surface area contributed by atoms with Gasteiger partial charge >= 0.3 is 0 Å². The van der Waals surface area contributed by atoms with Crippen LogP contribution in [0.5, 0.6) is 0 Å². The number of carbonyl (C=O) groups excluding carboxylic acids is 1. The van der Waals surface area contributed by atoms with Crippen molar-refractivity contribution in [3.63, 3.8) is 0 Å². The lowest BCUT2D eigenvalue weighted by atomic mass is 10.2. The van der Waals surface area contributed by atoms with E-state index in [9.17, 15) is 13.2 Å². The van der Waals surface area contributed by atoms with E-state index in [2.05, 4.69) is 10.0 Å². The minimum atomic E-state index is -3.28. The predicted molar refractivity (Wildman–Crippen MR) is 88.3 cm³/mol. The van der Waals surface area contributed by atoms with Gasteiger partial charge in [-0.1, -0.05) is 0 Å². The number of nitrogens with two attached hydrogens (primary N) is 1. The number of benzene rings is 1. The Bertz CT molecular complexity index is 544.